The smallest absolute Gasteiger partial charge is 0.410 e. The summed E-state index contributed by atoms with van der Waals surface area (Å²) in [5.74, 6) is -0.160. The molecule has 1 amide bonds. The largest absolute Gasteiger partial charge is 0.459 e. The van der Waals surface area contributed by atoms with Gasteiger partial charge in [-0.1, -0.05) is 20.3 Å². The number of esters is 1. The molecule has 1 aliphatic rings. The van der Waals surface area contributed by atoms with Crippen LogP contribution in [0.3, 0.4) is 0 Å². The average Bonchev–Trinajstić information content (AvgIpc) is 2.46. The summed E-state index contributed by atoms with van der Waals surface area (Å²) in [4.78, 5) is 26.4. The van der Waals surface area contributed by atoms with E-state index < -0.39 is 16.6 Å². The van der Waals surface area contributed by atoms with Gasteiger partial charge in [-0.05, 0) is 47.5 Å². The number of hydrogen-bond acceptors (Lipinski definition) is 4. The molecule has 24 heavy (non-hydrogen) atoms. The van der Waals surface area contributed by atoms with Crippen LogP contribution in [0.4, 0.5) is 4.79 Å². The normalized spacial score (nSPS) is 18.2. The van der Waals surface area contributed by atoms with Crippen molar-refractivity contribution in [1.82, 2.24) is 4.90 Å². The highest BCUT2D eigenvalue weighted by atomic mass is 16.6. The molecule has 1 fully saturated rings. The Morgan fingerprint density at radius 2 is 1.62 bits per heavy atom. The highest BCUT2D eigenvalue weighted by Crippen LogP contribution is 2.31. The van der Waals surface area contributed by atoms with Crippen LogP contribution in [0, 0.1) is 5.41 Å². The molecule has 0 unspecified atom stereocenters. The molecule has 0 spiro atoms. The number of rotatable bonds is 6. The van der Waals surface area contributed by atoms with Crippen LogP contribution in [0.15, 0.2) is 0 Å². The molecule has 1 aliphatic heterocycles. The number of carbonyl (C=O) groups excluding carboxylic acids is 2. The average molecular weight is 341 g/mol. The topological polar surface area (TPSA) is 55.8 Å². The molecule has 0 aliphatic carbocycles. The lowest BCUT2D eigenvalue weighted by molar-refractivity contribution is -0.173. The molecule has 0 N–H and O–H groups in total. The van der Waals surface area contributed by atoms with E-state index in [9.17, 15) is 9.59 Å². The molecule has 0 aromatic carbocycles. The standard InChI is InChI=1S/C19H35NO4/c1-8-10-18(5,6)24-16(22)20-13-11-19(7,12-14-20)23-15(21)17(3,4)9-2/h8-14H2,1-7H3. The minimum atomic E-state index is -0.501. The monoisotopic (exact) mass is 341 g/mol. The lowest BCUT2D eigenvalue weighted by Gasteiger charge is -2.40. The van der Waals surface area contributed by atoms with Crippen molar-refractivity contribution in [1.29, 1.82) is 0 Å². The van der Waals surface area contributed by atoms with Crippen molar-refractivity contribution in [2.75, 3.05) is 13.1 Å². The Kier molecular flexibility index (Phi) is 6.71. The second-order valence-electron chi connectivity index (χ2n) is 8.44. The van der Waals surface area contributed by atoms with Gasteiger partial charge in [0.1, 0.15) is 11.2 Å². The van der Waals surface area contributed by atoms with Crippen LogP contribution in [0.2, 0.25) is 0 Å². The highest BCUT2D eigenvalue weighted by molar-refractivity contribution is 5.76. The van der Waals surface area contributed by atoms with E-state index in [2.05, 4.69) is 6.92 Å². The van der Waals surface area contributed by atoms with Crippen molar-refractivity contribution < 1.29 is 19.1 Å². The van der Waals surface area contributed by atoms with E-state index in [1.165, 1.54) is 0 Å². The first kappa shape index (κ1) is 20.8. The minimum absolute atomic E-state index is 0.160. The van der Waals surface area contributed by atoms with Gasteiger partial charge in [0.15, 0.2) is 0 Å². The molecule has 0 radical (unpaired) electrons. The van der Waals surface area contributed by atoms with Crippen LogP contribution in [0.25, 0.3) is 0 Å². The Morgan fingerprint density at radius 3 is 2.08 bits per heavy atom. The van der Waals surface area contributed by atoms with Gasteiger partial charge in [-0.15, -0.1) is 0 Å². The first-order valence-electron chi connectivity index (χ1n) is 9.16. The second-order valence-corrected chi connectivity index (χ2v) is 8.44. The van der Waals surface area contributed by atoms with Crippen LogP contribution in [-0.4, -0.2) is 41.3 Å². The number of piperidine rings is 1. The van der Waals surface area contributed by atoms with E-state index in [1.54, 1.807) is 4.90 Å². The lowest BCUT2D eigenvalue weighted by atomic mass is 9.88. The SMILES string of the molecule is CCCC(C)(C)OC(=O)N1CCC(C)(OC(=O)C(C)(C)CC)CC1. The van der Waals surface area contributed by atoms with Crippen molar-refractivity contribution in [3.8, 4) is 0 Å². The Bertz CT molecular complexity index is 448. The Hall–Kier alpha value is -1.26. The predicted molar refractivity (Wildman–Crippen MR) is 94.8 cm³/mol. The number of ether oxygens (including phenoxy) is 2. The van der Waals surface area contributed by atoms with Gasteiger partial charge in [-0.2, -0.15) is 0 Å². The van der Waals surface area contributed by atoms with Crippen LogP contribution in [-0.2, 0) is 14.3 Å². The first-order chi connectivity index (χ1) is 10.9. The van der Waals surface area contributed by atoms with Crippen LogP contribution < -0.4 is 0 Å². The summed E-state index contributed by atoms with van der Waals surface area (Å²) < 4.78 is 11.4. The van der Waals surface area contributed by atoms with Gasteiger partial charge < -0.3 is 14.4 Å². The zero-order chi connectivity index (χ0) is 18.6. The van der Waals surface area contributed by atoms with Crippen LogP contribution >= 0.6 is 0 Å². The summed E-state index contributed by atoms with van der Waals surface area (Å²) in [6.07, 6.45) is 3.57. The third kappa shape index (κ3) is 5.67. The molecular formula is C19H35NO4. The van der Waals surface area contributed by atoms with Crippen molar-refractivity contribution in [3.63, 3.8) is 0 Å². The fourth-order valence-electron chi connectivity index (χ4n) is 2.72. The number of hydrogen-bond donors (Lipinski definition) is 0. The van der Waals surface area contributed by atoms with Gasteiger partial charge in [-0.3, -0.25) is 4.79 Å². The number of nitrogens with zero attached hydrogens (tertiary/aromatic N) is 1. The van der Waals surface area contributed by atoms with E-state index in [-0.39, 0.29) is 12.1 Å². The van der Waals surface area contributed by atoms with E-state index in [0.29, 0.717) is 25.9 Å². The van der Waals surface area contributed by atoms with Crippen LogP contribution in [0.5, 0.6) is 0 Å². The van der Waals surface area contributed by atoms with E-state index in [4.69, 9.17) is 9.47 Å². The summed E-state index contributed by atoms with van der Waals surface area (Å²) in [5.41, 5.74) is -1.41. The summed E-state index contributed by atoms with van der Waals surface area (Å²) in [5, 5.41) is 0. The molecule has 5 nitrogen and oxygen atoms in total. The zero-order valence-electron chi connectivity index (χ0n) is 16.5. The fraction of sp³-hybridized carbons (Fsp3) is 0.895. The van der Waals surface area contributed by atoms with E-state index >= 15 is 0 Å². The second kappa shape index (κ2) is 7.75. The molecule has 5 heteroatoms. The summed E-state index contributed by atoms with van der Waals surface area (Å²) in [6, 6.07) is 0. The molecule has 0 bridgehead atoms. The van der Waals surface area contributed by atoms with Crippen LogP contribution in [0.1, 0.15) is 80.6 Å². The number of likely N-dealkylation sites (tertiary alicyclic amines) is 1. The van der Waals surface area contributed by atoms with Gasteiger partial charge in [-0.25, -0.2) is 4.79 Å². The molecular weight excluding hydrogens is 306 g/mol. The third-order valence-electron chi connectivity index (χ3n) is 5.07. The van der Waals surface area contributed by atoms with Gasteiger partial charge >= 0.3 is 12.1 Å². The molecule has 1 heterocycles. The van der Waals surface area contributed by atoms with Crippen molar-refractivity contribution >= 4 is 12.1 Å². The van der Waals surface area contributed by atoms with Gasteiger partial charge in [0, 0.05) is 25.9 Å². The maximum absolute atomic E-state index is 12.3. The van der Waals surface area contributed by atoms with E-state index in [0.717, 1.165) is 19.3 Å². The van der Waals surface area contributed by atoms with Crippen molar-refractivity contribution in [2.24, 2.45) is 5.41 Å². The Balaban J connectivity index is 2.56. The Morgan fingerprint density at radius 1 is 1.08 bits per heavy atom. The zero-order valence-corrected chi connectivity index (χ0v) is 16.5. The molecule has 0 saturated carbocycles. The number of amides is 1. The Labute approximate surface area is 147 Å². The molecule has 1 rings (SSSR count). The molecule has 1 saturated heterocycles. The highest BCUT2D eigenvalue weighted by Gasteiger charge is 2.39. The fourth-order valence-corrected chi connectivity index (χ4v) is 2.72. The third-order valence-corrected chi connectivity index (χ3v) is 5.07. The summed E-state index contributed by atoms with van der Waals surface area (Å²) >= 11 is 0. The first-order valence-corrected chi connectivity index (χ1v) is 9.16. The molecule has 0 aromatic rings. The molecule has 140 valence electrons. The maximum Gasteiger partial charge on any atom is 0.410 e. The van der Waals surface area contributed by atoms with Crippen molar-refractivity contribution in [3.05, 3.63) is 0 Å². The molecule has 0 atom stereocenters. The summed E-state index contributed by atoms with van der Waals surface area (Å²) in [7, 11) is 0. The maximum atomic E-state index is 12.3. The quantitative estimate of drug-likeness (QED) is 0.666. The lowest BCUT2D eigenvalue weighted by Crippen LogP contribution is -2.49. The minimum Gasteiger partial charge on any atom is -0.459 e. The summed E-state index contributed by atoms with van der Waals surface area (Å²) in [6.45, 7) is 14.8. The van der Waals surface area contributed by atoms with E-state index in [1.807, 2.05) is 41.5 Å². The molecule has 0 aromatic heterocycles. The van der Waals surface area contributed by atoms with Gasteiger partial charge in [0.25, 0.3) is 0 Å². The number of carbonyl (C=O) groups is 2. The predicted octanol–water partition coefficient (Wildman–Crippen LogP) is 4.54. The van der Waals surface area contributed by atoms with Gasteiger partial charge in [0.05, 0.1) is 5.41 Å². The van der Waals surface area contributed by atoms with Crippen molar-refractivity contribution in [2.45, 2.75) is 91.8 Å². The van der Waals surface area contributed by atoms with Gasteiger partial charge in [0.2, 0.25) is 0 Å².